The van der Waals surface area contributed by atoms with Crippen LogP contribution in [0, 0.1) is 0 Å². The lowest BCUT2D eigenvalue weighted by Gasteiger charge is -2.15. The minimum absolute atomic E-state index is 0.0538. The molecule has 2 aliphatic rings. The van der Waals surface area contributed by atoms with E-state index in [4.69, 9.17) is 0 Å². The molecule has 0 bridgehead atoms. The van der Waals surface area contributed by atoms with Gasteiger partial charge in [0.1, 0.15) is 0 Å². The fraction of sp³-hybridized carbons (Fsp3) is 0.211. The summed E-state index contributed by atoms with van der Waals surface area (Å²) in [5, 5.41) is 8.19. The molecule has 0 radical (unpaired) electrons. The minimum Gasteiger partial charge on any atom is -0.326 e. The molecule has 0 spiro atoms. The van der Waals surface area contributed by atoms with Crippen molar-refractivity contribution in [3.05, 3.63) is 65.2 Å². The molecular formula is C19H18N4OS. The van der Waals surface area contributed by atoms with Gasteiger partial charge in [0.05, 0.1) is 12.1 Å². The molecule has 2 aromatic carbocycles. The Morgan fingerprint density at radius 2 is 2.04 bits per heavy atom. The number of carbonyl (C=O) groups is 1. The normalized spacial score (nSPS) is 17.7. The number of nitrogens with zero attached hydrogens (tertiary/aromatic N) is 2. The van der Waals surface area contributed by atoms with Crippen LogP contribution < -0.4 is 10.7 Å². The zero-order chi connectivity index (χ0) is 17.1. The summed E-state index contributed by atoms with van der Waals surface area (Å²) in [7, 11) is 0. The number of hydrogen-bond acceptors (Lipinski definition) is 4. The molecule has 2 heterocycles. The number of anilines is 1. The maximum absolute atomic E-state index is 11.5. The Kier molecular flexibility index (Phi) is 4.52. The number of fused-ring (bicyclic) bond motifs is 1. The highest BCUT2D eigenvalue weighted by Gasteiger charge is 2.20. The average molecular weight is 350 g/mol. The highest BCUT2D eigenvalue weighted by atomic mass is 32.2. The van der Waals surface area contributed by atoms with Gasteiger partial charge in [-0.1, -0.05) is 54.2 Å². The van der Waals surface area contributed by atoms with E-state index in [-0.39, 0.29) is 5.91 Å². The van der Waals surface area contributed by atoms with Crippen molar-refractivity contribution in [2.45, 2.75) is 12.8 Å². The van der Waals surface area contributed by atoms with Crippen LogP contribution in [0.4, 0.5) is 5.69 Å². The number of nitrogens with one attached hydrogen (secondary N) is 2. The number of amidine groups is 1. The standard InChI is InChI=1S/C19H18N4OS/c24-18-11-15-7-6-14(10-16(15)21-18)17-12-25-19(23-22-17)20-9-8-13-4-2-1-3-5-13/h1-7,10H,8-9,11-12H2,(H,20,23)(H,21,24). The number of amides is 1. The van der Waals surface area contributed by atoms with E-state index in [1.165, 1.54) is 5.56 Å². The van der Waals surface area contributed by atoms with Gasteiger partial charge in [0, 0.05) is 23.5 Å². The first-order valence-corrected chi connectivity index (χ1v) is 9.23. The van der Waals surface area contributed by atoms with Crippen molar-refractivity contribution in [3.63, 3.8) is 0 Å². The van der Waals surface area contributed by atoms with Gasteiger partial charge < -0.3 is 5.32 Å². The maximum atomic E-state index is 11.5. The van der Waals surface area contributed by atoms with Crippen LogP contribution in [-0.4, -0.2) is 29.1 Å². The van der Waals surface area contributed by atoms with Gasteiger partial charge >= 0.3 is 0 Å². The van der Waals surface area contributed by atoms with E-state index in [2.05, 4.69) is 33.0 Å². The van der Waals surface area contributed by atoms with E-state index in [1.807, 2.05) is 36.4 Å². The molecular weight excluding hydrogens is 332 g/mol. The largest absolute Gasteiger partial charge is 0.326 e. The van der Waals surface area contributed by atoms with E-state index >= 15 is 0 Å². The molecule has 2 aliphatic heterocycles. The summed E-state index contributed by atoms with van der Waals surface area (Å²) in [4.78, 5) is 16.0. The molecule has 0 saturated carbocycles. The van der Waals surface area contributed by atoms with Gasteiger partial charge in [-0.25, -0.2) is 0 Å². The Morgan fingerprint density at radius 1 is 1.16 bits per heavy atom. The first kappa shape index (κ1) is 15.9. The van der Waals surface area contributed by atoms with Crippen LogP contribution in [0.3, 0.4) is 0 Å². The smallest absolute Gasteiger partial charge is 0.228 e. The molecule has 0 aromatic heterocycles. The van der Waals surface area contributed by atoms with E-state index in [0.717, 1.165) is 46.4 Å². The lowest BCUT2D eigenvalue weighted by molar-refractivity contribution is -0.115. The molecule has 5 nitrogen and oxygen atoms in total. The fourth-order valence-electron chi connectivity index (χ4n) is 2.87. The summed E-state index contributed by atoms with van der Waals surface area (Å²) in [6.07, 6.45) is 1.39. The molecule has 0 atom stereocenters. The van der Waals surface area contributed by atoms with Crippen LogP contribution in [0.2, 0.25) is 0 Å². The molecule has 4 rings (SSSR count). The average Bonchev–Trinajstić information content (AvgIpc) is 3.02. The summed E-state index contributed by atoms with van der Waals surface area (Å²) in [6.45, 7) is 0.745. The van der Waals surface area contributed by atoms with Crippen molar-refractivity contribution < 1.29 is 4.79 Å². The van der Waals surface area contributed by atoms with Crippen molar-refractivity contribution in [1.82, 2.24) is 5.43 Å². The highest BCUT2D eigenvalue weighted by Crippen LogP contribution is 2.25. The van der Waals surface area contributed by atoms with Gasteiger partial charge in [-0.15, -0.1) is 0 Å². The van der Waals surface area contributed by atoms with Crippen molar-refractivity contribution >= 4 is 34.2 Å². The van der Waals surface area contributed by atoms with Crippen LogP contribution in [0.1, 0.15) is 16.7 Å². The molecule has 126 valence electrons. The number of rotatable bonds is 4. The van der Waals surface area contributed by atoms with Gasteiger partial charge in [0.25, 0.3) is 0 Å². The Balaban J connectivity index is 1.38. The molecule has 2 N–H and O–H groups in total. The second-order valence-electron chi connectivity index (χ2n) is 5.98. The van der Waals surface area contributed by atoms with Gasteiger partial charge in [-0.3, -0.25) is 15.2 Å². The third-order valence-electron chi connectivity index (χ3n) is 4.20. The van der Waals surface area contributed by atoms with Gasteiger partial charge in [0.15, 0.2) is 5.17 Å². The molecule has 0 fully saturated rings. The summed E-state index contributed by atoms with van der Waals surface area (Å²) < 4.78 is 0. The second kappa shape index (κ2) is 7.11. The van der Waals surface area contributed by atoms with Crippen LogP contribution in [0.5, 0.6) is 0 Å². The van der Waals surface area contributed by atoms with Gasteiger partial charge in [-0.2, -0.15) is 5.10 Å². The first-order chi connectivity index (χ1) is 12.3. The SMILES string of the molecule is O=C1Cc2ccc(C3=NNC(=NCCc4ccccc4)SC3)cc2N1. The Hall–Kier alpha value is -2.60. The van der Waals surface area contributed by atoms with Crippen LogP contribution in [0.25, 0.3) is 0 Å². The Morgan fingerprint density at radius 3 is 2.84 bits per heavy atom. The highest BCUT2D eigenvalue weighted by molar-refractivity contribution is 8.14. The van der Waals surface area contributed by atoms with E-state index in [9.17, 15) is 4.79 Å². The van der Waals surface area contributed by atoms with E-state index in [0.29, 0.717) is 6.42 Å². The zero-order valence-corrected chi connectivity index (χ0v) is 14.5. The quantitative estimate of drug-likeness (QED) is 0.891. The number of hydrazone groups is 1. The maximum Gasteiger partial charge on any atom is 0.228 e. The molecule has 1 amide bonds. The number of carbonyl (C=O) groups excluding carboxylic acids is 1. The molecule has 0 saturated heterocycles. The summed E-state index contributed by atoms with van der Waals surface area (Å²) in [6, 6.07) is 16.4. The van der Waals surface area contributed by atoms with Crippen molar-refractivity contribution in [1.29, 1.82) is 0 Å². The number of hydrogen-bond donors (Lipinski definition) is 2. The van der Waals surface area contributed by atoms with Crippen LogP contribution in [0.15, 0.2) is 58.6 Å². The molecule has 0 unspecified atom stereocenters. The number of benzene rings is 2. The van der Waals surface area contributed by atoms with Gasteiger partial charge in [0.2, 0.25) is 5.91 Å². The number of thioether (sulfide) groups is 1. The fourth-order valence-corrected chi connectivity index (χ4v) is 3.67. The molecule has 2 aromatic rings. The summed E-state index contributed by atoms with van der Waals surface area (Å²) in [5.41, 5.74) is 8.28. The summed E-state index contributed by atoms with van der Waals surface area (Å²) >= 11 is 1.66. The minimum atomic E-state index is 0.0538. The Bertz CT molecular complexity index is 861. The number of aliphatic imine (C=N–C) groups is 1. The van der Waals surface area contributed by atoms with Crippen molar-refractivity contribution in [3.8, 4) is 0 Å². The lowest BCUT2D eigenvalue weighted by Crippen LogP contribution is -2.25. The van der Waals surface area contributed by atoms with Crippen molar-refractivity contribution in [2.75, 3.05) is 17.6 Å². The van der Waals surface area contributed by atoms with E-state index < -0.39 is 0 Å². The molecule has 0 aliphatic carbocycles. The van der Waals surface area contributed by atoms with Crippen molar-refractivity contribution in [2.24, 2.45) is 10.1 Å². The van der Waals surface area contributed by atoms with Crippen LogP contribution >= 0.6 is 11.8 Å². The Labute approximate surface area is 150 Å². The second-order valence-corrected chi connectivity index (χ2v) is 6.94. The third-order valence-corrected chi connectivity index (χ3v) is 5.11. The predicted octanol–water partition coefficient (Wildman–Crippen LogP) is 2.82. The lowest BCUT2D eigenvalue weighted by atomic mass is 10.1. The first-order valence-electron chi connectivity index (χ1n) is 8.25. The predicted molar refractivity (Wildman–Crippen MR) is 103 cm³/mol. The van der Waals surface area contributed by atoms with E-state index in [1.54, 1.807) is 11.8 Å². The summed E-state index contributed by atoms with van der Waals surface area (Å²) in [5.74, 6) is 0.822. The van der Waals surface area contributed by atoms with Gasteiger partial charge in [-0.05, 0) is 23.6 Å². The molecule has 6 heteroatoms. The molecule has 25 heavy (non-hydrogen) atoms. The zero-order valence-electron chi connectivity index (χ0n) is 13.7. The monoisotopic (exact) mass is 350 g/mol. The topological polar surface area (TPSA) is 65.8 Å². The third kappa shape index (κ3) is 3.74. The van der Waals surface area contributed by atoms with Crippen LogP contribution in [-0.2, 0) is 17.6 Å².